The molecule has 1 N–H and O–H groups in total. The number of methoxy groups -OCH3 is 4. The maximum atomic E-state index is 12.3. The first-order chi connectivity index (χ1) is 13.0. The molecule has 0 heterocycles. The third kappa shape index (κ3) is 4.75. The molecule has 2 aromatic rings. The number of carbonyl (C=O) groups is 2. The second-order valence-corrected chi connectivity index (χ2v) is 5.23. The first-order valence-electron chi connectivity index (χ1n) is 7.85. The van der Waals surface area contributed by atoms with Crippen molar-refractivity contribution in [3.05, 3.63) is 53.1 Å². The number of benzene rings is 2. The third-order valence-corrected chi connectivity index (χ3v) is 3.64. The van der Waals surface area contributed by atoms with Crippen LogP contribution in [0, 0.1) is 0 Å². The number of amides is 1. The van der Waals surface area contributed by atoms with E-state index in [4.69, 9.17) is 14.2 Å². The zero-order valence-electron chi connectivity index (χ0n) is 15.4. The van der Waals surface area contributed by atoms with Crippen LogP contribution in [-0.2, 0) is 4.74 Å². The lowest BCUT2D eigenvalue weighted by atomic mass is 10.1. The molecule has 142 valence electrons. The maximum absolute atomic E-state index is 12.3. The molecule has 2 rings (SSSR count). The number of esters is 1. The van der Waals surface area contributed by atoms with E-state index < -0.39 is 11.9 Å². The lowest BCUT2D eigenvalue weighted by Crippen LogP contribution is -2.18. The summed E-state index contributed by atoms with van der Waals surface area (Å²) in [6.07, 6.45) is 1.46. The Morgan fingerprint density at radius 1 is 0.889 bits per heavy atom. The zero-order chi connectivity index (χ0) is 19.8. The second kappa shape index (κ2) is 9.23. The third-order valence-electron chi connectivity index (χ3n) is 3.64. The van der Waals surface area contributed by atoms with Crippen LogP contribution in [0.3, 0.4) is 0 Å². The average Bonchev–Trinajstić information content (AvgIpc) is 2.72. The summed E-state index contributed by atoms with van der Waals surface area (Å²) in [5.41, 5.74) is 3.85. The summed E-state index contributed by atoms with van der Waals surface area (Å²) in [7, 11) is 5.73. The summed E-state index contributed by atoms with van der Waals surface area (Å²) in [6, 6.07) is 9.62. The Labute approximate surface area is 156 Å². The average molecular weight is 372 g/mol. The highest BCUT2D eigenvalue weighted by Crippen LogP contribution is 2.38. The van der Waals surface area contributed by atoms with Crippen molar-refractivity contribution in [1.29, 1.82) is 0 Å². The van der Waals surface area contributed by atoms with Gasteiger partial charge in [0.25, 0.3) is 5.91 Å². The monoisotopic (exact) mass is 372 g/mol. The molecule has 0 atom stereocenters. The van der Waals surface area contributed by atoms with Gasteiger partial charge in [-0.3, -0.25) is 4.79 Å². The molecule has 8 heteroatoms. The standard InChI is InChI=1S/C19H20N2O6/c1-24-15-9-14(10-16(25-2)17(15)26-3)18(22)21-20-11-12-5-7-13(8-6-12)19(23)27-4/h5-11H,1-4H3,(H,21,22)/b20-11-. The van der Waals surface area contributed by atoms with E-state index in [-0.39, 0.29) is 0 Å². The Kier molecular flexibility index (Phi) is 6.76. The molecule has 0 aliphatic rings. The Hall–Kier alpha value is -3.55. The number of hydrogen-bond donors (Lipinski definition) is 1. The van der Waals surface area contributed by atoms with Crippen LogP contribution >= 0.6 is 0 Å². The summed E-state index contributed by atoms with van der Waals surface area (Å²) in [4.78, 5) is 23.7. The number of rotatable bonds is 7. The van der Waals surface area contributed by atoms with Crippen LogP contribution in [0.1, 0.15) is 26.3 Å². The highest BCUT2D eigenvalue weighted by atomic mass is 16.5. The van der Waals surface area contributed by atoms with Gasteiger partial charge < -0.3 is 18.9 Å². The highest BCUT2D eigenvalue weighted by Gasteiger charge is 2.16. The van der Waals surface area contributed by atoms with Crippen molar-refractivity contribution < 1.29 is 28.5 Å². The maximum Gasteiger partial charge on any atom is 0.337 e. The molecule has 0 aromatic heterocycles. The van der Waals surface area contributed by atoms with Gasteiger partial charge in [0, 0.05) is 5.56 Å². The summed E-state index contributed by atoms with van der Waals surface area (Å²) in [6.45, 7) is 0. The predicted octanol–water partition coefficient (Wildman–Crippen LogP) is 2.26. The number of hydrogen-bond acceptors (Lipinski definition) is 7. The predicted molar refractivity (Wildman–Crippen MR) is 98.9 cm³/mol. The molecular weight excluding hydrogens is 352 g/mol. The molecular formula is C19H20N2O6. The van der Waals surface area contributed by atoms with Crippen LogP contribution in [0.2, 0.25) is 0 Å². The van der Waals surface area contributed by atoms with Crippen molar-refractivity contribution >= 4 is 18.1 Å². The zero-order valence-corrected chi connectivity index (χ0v) is 15.4. The molecule has 27 heavy (non-hydrogen) atoms. The van der Waals surface area contributed by atoms with Crippen molar-refractivity contribution in [2.75, 3.05) is 28.4 Å². The SMILES string of the molecule is COC(=O)c1ccc(/C=N\NC(=O)c2cc(OC)c(OC)c(OC)c2)cc1. The molecule has 2 aromatic carbocycles. The molecule has 0 saturated heterocycles. The summed E-state index contributed by atoms with van der Waals surface area (Å²) in [5.74, 6) is 0.255. The molecule has 0 saturated carbocycles. The van der Waals surface area contributed by atoms with Gasteiger partial charge in [0.2, 0.25) is 5.75 Å². The molecule has 0 aliphatic carbocycles. The summed E-state index contributed by atoms with van der Waals surface area (Å²) >= 11 is 0. The van der Waals surface area contributed by atoms with Gasteiger partial charge in [-0.25, -0.2) is 10.2 Å². The van der Waals surface area contributed by atoms with Crippen molar-refractivity contribution in [1.82, 2.24) is 5.43 Å². The van der Waals surface area contributed by atoms with Gasteiger partial charge in [0.15, 0.2) is 11.5 Å². The van der Waals surface area contributed by atoms with Gasteiger partial charge in [-0.15, -0.1) is 0 Å². The highest BCUT2D eigenvalue weighted by molar-refractivity contribution is 5.96. The number of nitrogens with zero attached hydrogens (tertiary/aromatic N) is 1. The molecule has 0 spiro atoms. The molecule has 8 nitrogen and oxygen atoms in total. The minimum Gasteiger partial charge on any atom is -0.493 e. The Balaban J connectivity index is 2.11. The van der Waals surface area contributed by atoms with Gasteiger partial charge in [0.05, 0.1) is 40.2 Å². The number of hydrazone groups is 1. The lowest BCUT2D eigenvalue weighted by Gasteiger charge is -2.13. The Morgan fingerprint density at radius 2 is 1.48 bits per heavy atom. The molecule has 1 amide bonds. The number of ether oxygens (including phenoxy) is 4. The molecule has 0 radical (unpaired) electrons. The largest absolute Gasteiger partial charge is 0.493 e. The fraction of sp³-hybridized carbons (Fsp3) is 0.211. The summed E-state index contributed by atoms with van der Waals surface area (Å²) < 4.78 is 20.3. The van der Waals surface area contributed by atoms with E-state index in [1.807, 2.05) is 0 Å². The van der Waals surface area contributed by atoms with Crippen molar-refractivity contribution in [3.8, 4) is 17.2 Å². The smallest absolute Gasteiger partial charge is 0.337 e. The summed E-state index contributed by atoms with van der Waals surface area (Å²) in [5, 5.41) is 3.91. The van der Waals surface area contributed by atoms with E-state index in [2.05, 4.69) is 15.3 Å². The molecule has 0 bridgehead atoms. The Morgan fingerprint density at radius 3 is 1.96 bits per heavy atom. The van der Waals surface area contributed by atoms with Gasteiger partial charge in [-0.1, -0.05) is 12.1 Å². The minimum absolute atomic E-state index is 0.294. The van der Waals surface area contributed by atoms with Crippen molar-refractivity contribution in [2.24, 2.45) is 5.10 Å². The minimum atomic E-state index is -0.448. The first kappa shape index (κ1) is 19.8. The van der Waals surface area contributed by atoms with Crippen LogP contribution in [0.25, 0.3) is 0 Å². The van der Waals surface area contributed by atoms with Gasteiger partial charge in [-0.2, -0.15) is 5.10 Å². The fourth-order valence-corrected chi connectivity index (χ4v) is 2.27. The molecule has 0 unspecified atom stereocenters. The number of carbonyl (C=O) groups excluding carboxylic acids is 2. The van der Waals surface area contributed by atoms with E-state index in [0.717, 1.165) is 0 Å². The lowest BCUT2D eigenvalue weighted by molar-refractivity contribution is 0.0600. The topological polar surface area (TPSA) is 95.5 Å². The quantitative estimate of drug-likeness (QED) is 0.455. The first-order valence-corrected chi connectivity index (χ1v) is 7.85. The van der Waals surface area contributed by atoms with E-state index in [1.165, 1.54) is 46.8 Å². The molecule has 0 fully saturated rings. The molecule has 0 aliphatic heterocycles. The second-order valence-electron chi connectivity index (χ2n) is 5.23. The van der Waals surface area contributed by atoms with E-state index in [9.17, 15) is 9.59 Å². The fourth-order valence-electron chi connectivity index (χ4n) is 2.27. The van der Waals surface area contributed by atoms with E-state index >= 15 is 0 Å². The van der Waals surface area contributed by atoms with Gasteiger partial charge >= 0.3 is 5.97 Å². The number of nitrogens with one attached hydrogen (secondary N) is 1. The van der Waals surface area contributed by atoms with Crippen LogP contribution in [-0.4, -0.2) is 46.5 Å². The normalized spacial score (nSPS) is 10.4. The van der Waals surface area contributed by atoms with Crippen molar-refractivity contribution in [2.45, 2.75) is 0 Å². The Bertz CT molecular complexity index is 821. The van der Waals surface area contributed by atoms with Crippen LogP contribution in [0.15, 0.2) is 41.5 Å². The van der Waals surface area contributed by atoms with Gasteiger partial charge in [0.1, 0.15) is 0 Å². The van der Waals surface area contributed by atoms with Crippen LogP contribution in [0.4, 0.5) is 0 Å². The van der Waals surface area contributed by atoms with Crippen LogP contribution in [0.5, 0.6) is 17.2 Å². The van der Waals surface area contributed by atoms with Crippen LogP contribution < -0.4 is 19.6 Å². The van der Waals surface area contributed by atoms with E-state index in [0.29, 0.717) is 33.9 Å². The van der Waals surface area contributed by atoms with Gasteiger partial charge in [-0.05, 0) is 29.8 Å². The van der Waals surface area contributed by atoms with Crippen molar-refractivity contribution in [3.63, 3.8) is 0 Å². The van der Waals surface area contributed by atoms with E-state index in [1.54, 1.807) is 24.3 Å².